The lowest BCUT2D eigenvalue weighted by molar-refractivity contribution is 0.463. The molecule has 24 heavy (non-hydrogen) atoms. The Kier molecular flexibility index (Phi) is 4.15. The fourth-order valence-electron chi connectivity index (χ4n) is 2.33. The molecule has 5 nitrogen and oxygen atoms in total. The second kappa shape index (κ2) is 6.26. The minimum atomic E-state index is -0.683. The molecule has 0 aliphatic carbocycles. The molecule has 2 heterocycles. The zero-order valence-corrected chi connectivity index (χ0v) is 13.5. The minimum absolute atomic E-state index is 0.0767. The number of nitrogens with zero attached hydrogens (tertiary/aromatic N) is 3. The van der Waals surface area contributed by atoms with Crippen molar-refractivity contribution in [3.63, 3.8) is 0 Å². The van der Waals surface area contributed by atoms with Gasteiger partial charge in [0.25, 0.3) is 5.56 Å². The number of hydrogen-bond acceptors (Lipinski definition) is 5. The van der Waals surface area contributed by atoms with E-state index in [0.717, 1.165) is 4.68 Å². The van der Waals surface area contributed by atoms with Crippen LogP contribution in [0.1, 0.15) is 16.7 Å². The Bertz CT molecular complexity index is 1000. The van der Waals surface area contributed by atoms with E-state index in [2.05, 4.69) is 5.10 Å². The molecule has 0 amide bonds. The fourth-order valence-corrected chi connectivity index (χ4v) is 3.04. The zero-order valence-electron chi connectivity index (χ0n) is 12.7. The summed E-state index contributed by atoms with van der Waals surface area (Å²) in [7, 11) is 0. The third-order valence-corrected chi connectivity index (χ3v) is 4.43. The van der Waals surface area contributed by atoms with Gasteiger partial charge < -0.3 is 5.11 Å². The number of thiophene rings is 1. The van der Waals surface area contributed by atoms with Gasteiger partial charge in [-0.2, -0.15) is 10.4 Å². The average molecular weight is 341 g/mol. The van der Waals surface area contributed by atoms with Crippen LogP contribution in [0.25, 0.3) is 10.6 Å². The molecule has 0 saturated heterocycles. The van der Waals surface area contributed by atoms with Gasteiger partial charge in [-0.05, 0) is 35.6 Å². The smallest absolute Gasteiger partial charge is 0.288 e. The monoisotopic (exact) mass is 341 g/mol. The van der Waals surface area contributed by atoms with Gasteiger partial charge in [0.15, 0.2) is 11.3 Å². The highest BCUT2D eigenvalue weighted by Gasteiger charge is 2.19. The SMILES string of the molecule is Cc1cc(Cn2nc(-c3cccs3)c(O)c(C#N)c2=O)ccc1F. The summed E-state index contributed by atoms with van der Waals surface area (Å²) in [6.45, 7) is 1.71. The number of halogens is 1. The average Bonchev–Trinajstić information content (AvgIpc) is 3.08. The number of aromatic nitrogens is 2. The number of nitriles is 1. The van der Waals surface area contributed by atoms with E-state index in [0.29, 0.717) is 16.0 Å². The van der Waals surface area contributed by atoms with Crippen LogP contribution in [0.15, 0.2) is 40.5 Å². The highest BCUT2D eigenvalue weighted by atomic mass is 32.1. The Balaban J connectivity index is 2.14. The van der Waals surface area contributed by atoms with Gasteiger partial charge in [0.2, 0.25) is 0 Å². The van der Waals surface area contributed by atoms with Crippen molar-refractivity contribution in [1.29, 1.82) is 5.26 Å². The first-order valence-electron chi connectivity index (χ1n) is 7.04. The highest BCUT2D eigenvalue weighted by molar-refractivity contribution is 7.13. The van der Waals surface area contributed by atoms with E-state index in [-0.39, 0.29) is 23.6 Å². The fraction of sp³-hybridized carbons (Fsp3) is 0.118. The van der Waals surface area contributed by atoms with Crippen LogP contribution in [-0.4, -0.2) is 14.9 Å². The standard InChI is InChI=1S/C17H12FN3O2S/c1-10-7-11(4-5-13(10)18)9-21-17(23)12(8-19)16(22)15(20-21)14-3-2-6-24-14/h2-7,22H,9H2,1H3. The number of hydrogen-bond donors (Lipinski definition) is 1. The molecule has 1 aromatic carbocycles. The number of aromatic hydroxyl groups is 1. The van der Waals surface area contributed by atoms with Crippen LogP contribution in [0.5, 0.6) is 5.75 Å². The Morgan fingerprint density at radius 1 is 1.42 bits per heavy atom. The second-order valence-electron chi connectivity index (χ2n) is 5.21. The van der Waals surface area contributed by atoms with E-state index in [4.69, 9.17) is 0 Å². The van der Waals surface area contributed by atoms with Crippen LogP contribution in [-0.2, 0) is 6.54 Å². The summed E-state index contributed by atoms with van der Waals surface area (Å²) in [5.74, 6) is -0.752. The van der Waals surface area contributed by atoms with E-state index in [1.54, 1.807) is 42.6 Å². The summed E-state index contributed by atoms with van der Waals surface area (Å²) in [5, 5.41) is 25.4. The van der Waals surface area contributed by atoms with Crippen LogP contribution < -0.4 is 5.56 Å². The minimum Gasteiger partial charge on any atom is -0.504 e. The Morgan fingerprint density at radius 3 is 2.83 bits per heavy atom. The summed E-state index contributed by atoms with van der Waals surface area (Å²) in [6.07, 6.45) is 0. The maximum atomic E-state index is 13.4. The number of rotatable bonds is 3. The van der Waals surface area contributed by atoms with E-state index < -0.39 is 11.3 Å². The van der Waals surface area contributed by atoms with Gasteiger partial charge in [-0.25, -0.2) is 9.07 Å². The molecule has 0 aliphatic heterocycles. The molecule has 3 aromatic rings. The van der Waals surface area contributed by atoms with Crippen LogP contribution in [0, 0.1) is 24.1 Å². The molecule has 0 spiro atoms. The lowest BCUT2D eigenvalue weighted by Crippen LogP contribution is -2.26. The molecule has 0 unspecified atom stereocenters. The maximum absolute atomic E-state index is 13.4. The maximum Gasteiger partial charge on any atom is 0.288 e. The zero-order chi connectivity index (χ0) is 17.3. The van der Waals surface area contributed by atoms with Gasteiger partial charge in [0.1, 0.15) is 17.6 Å². The summed E-state index contributed by atoms with van der Waals surface area (Å²) < 4.78 is 14.5. The molecular formula is C17H12FN3O2S. The molecule has 0 radical (unpaired) electrons. The van der Waals surface area contributed by atoms with E-state index >= 15 is 0 Å². The van der Waals surface area contributed by atoms with Gasteiger partial charge in [0.05, 0.1) is 11.4 Å². The van der Waals surface area contributed by atoms with E-state index in [1.165, 1.54) is 17.4 Å². The van der Waals surface area contributed by atoms with E-state index in [9.17, 15) is 19.6 Å². The first-order chi connectivity index (χ1) is 11.5. The van der Waals surface area contributed by atoms with Crippen LogP contribution in [0.3, 0.4) is 0 Å². The lowest BCUT2D eigenvalue weighted by Gasteiger charge is -2.10. The van der Waals surface area contributed by atoms with Gasteiger partial charge in [-0.1, -0.05) is 18.2 Å². The van der Waals surface area contributed by atoms with Crippen molar-refractivity contribution in [3.8, 4) is 22.4 Å². The highest BCUT2D eigenvalue weighted by Crippen LogP contribution is 2.31. The Labute approximate surface area is 140 Å². The quantitative estimate of drug-likeness (QED) is 0.794. The van der Waals surface area contributed by atoms with Crippen LogP contribution in [0.2, 0.25) is 0 Å². The molecule has 1 N–H and O–H groups in total. The molecule has 7 heteroatoms. The first-order valence-corrected chi connectivity index (χ1v) is 7.92. The molecular weight excluding hydrogens is 329 g/mol. The topological polar surface area (TPSA) is 78.9 Å². The largest absolute Gasteiger partial charge is 0.504 e. The van der Waals surface area contributed by atoms with Crippen molar-refractivity contribution >= 4 is 11.3 Å². The molecule has 120 valence electrons. The van der Waals surface area contributed by atoms with Gasteiger partial charge in [0, 0.05) is 0 Å². The van der Waals surface area contributed by atoms with Crippen molar-refractivity contribution in [2.24, 2.45) is 0 Å². The molecule has 0 saturated carbocycles. The lowest BCUT2D eigenvalue weighted by atomic mass is 10.1. The van der Waals surface area contributed by atoms with Gasteiger partial charge >= 0.3 is 0 Å². The van der Waals surface area contributed by atoms with Crippen molar-refractivity contribution in [2.45, 2.75) is 13.5 Å². The summed E-state index contributed by atoms with van der Waals surface area (Å²) in [6, 6.07) is 9.75. The second-order valence-corrected chi connectivity index (χ2v) is 6.16. The predicted octanol–water partition coefficient (Wildman–Crippen LogP) is 3.04. The molecule has 0 atom stereocenters. The van der Waals surface area contributed by atoms with Crippen LogP contribution in [0.4, 0.5) is 4.39 Å². The Morgan fingerprint density at radius 2 is 2.21 bits per heavy atom. The summed E-state index contributed by atoms with van der Waals surface area (Å²) in [5.41, 5.74) is 0.276. The van der Waals surface area contributed by atoms with Crippen molar-refractivity contribution < 1.29 is 9.50 Å². The van der Waals surface area contributed by atoms with Crippen LogP contribution >= 0.6 is 11.3 Å². The van der Waals surface area contributed by atoms with Gasteiger partial charge in [-0.15, -0.1) is 11.3 Å². The van der Waals surface area contributed by atoms with Crippen molar-refractivity contribution in [1.82, 2.24) is 9.78 Å². The number of benzene rings is 1. The van der Waals surface area contributed by atoms with Crippen molar-refractivity contribution in [3.05, 3.63) is 68.6 Å². The molecule has 0 fully saturated rings. The Hall–Kier alpha value is -2.98. The predicted molar refractivity (Wildman–Crippen MR) is 88.4 cm³/mol. The third kappa shape index (κ3) is 2.79. The molecule has 0 bridgehead atoms. The molecule has 2 aromatic heterocycles. The van der Waals surface area contributed by atoms with Gasteiger partial charge in [-0.3, -0.25) is 4.79 Å². The first kappa shape index (κ1) is 15.9. The van der Waals surface area contributed by atoms with Crippen molar-refractivity contribution in [2.75, 3.05) is 0 Å². The number of aryl methyl sites for hydroxylation is 1. The normalized spacial score (nSPS) is 10.5. The van der Waals surface area contributed by atoms with E-state index in [1.807, 2.05) is 0 Å². The summed E-state index contributed by atoms with van der Waals surface area (Å²) >= 11 is 1.34. The third-order valence-electron chi connectivity index (χ3n) is 3.55. The molecule has 0 aliphatic rings. The molecule has 3 rings (SSSR count). The summed E-state index contributed by atoms with van der Waals surface area (Å²) in [4.78, 5) is 13.0.